The smallest absolute Gasteiger partial charge is 0.187 e. The maximum absolute atomic E-state index is 5.99. The number of hydrazone groups is 1. The highest BCUT2D eigenvalue weighted by Gasteiger charge is 2.52. The first-order valence-corrected chi connectivity index (χ1v) is 9.49. The second-order valence-electron chi connectivity index (χ2n) is 6.92. The van der Waals surface area contributed by atoms with Gasteiger partial charge in [0.05, 0.1) is 16.3 Å². The molecule has 0 unspecified atom stereocenters. The van der Waals surface area contributed by atoms with E-state index in [1.54, 1.807) is 18.3 Å². The molecular weight excluding hydrogens is 361 g/mol. The van der Waals surface area contributed by atoms with Crippen molar-refractivity contribution in [1.29, 1.82) is 0 Å². The lowest BCUT2D eigenvalue weighted by Crippen LogP contribution is -2.45. The van der Waals surface area contributed by atoms with Gasteiger partial charge in [0.1, 0.15) is 0 Å². The Morgan fingerprint density at radius 1 is 1.21 bits per heavy atom. The Morgan fingerprint density at radius 2 is 2.08 bits per heavy atom. The molecule has 6 heteroatoms. The van der Waals surface area contributed by atoms with Crippen LogP contribution >= 0.6 is 35.4 Å². The fraction of sp³-hybridized carbons (Fsp3) is 0.444. The van der Waals surface area contributed by atoms with Gasteiger partial charge in [-0.2, -0.15) is 5.10 Å². The van der Waals surface area contributed by atoms with Gasteiger partial charge >= 0.3 is 0 Å². The molecule has 2 bridgehead atoms. The highest BCUT2D eigenvalue weighted by Crippen LogP contribution is 2.56. The van der Waals surface area contributed by atoms with Crippen molar-refractivity contribution in [2.45, 2.75) is 25.3 Å². The molecule has 0 spiro atoms. The third-order valence-electron chi connectivity index (χ3n) is 5.65. The molecule has 3 aliphatic rings. The standard InChI is InChI=1S/C18H19Cl2N3S/c19-15-5-4-10(6-16(15)20)9-21-23-18(24)22-17-8-11-7-14(17)13-3-1-2-12(11)13/h1,3-6,9,11-14,17H,2,7-8H2,(H2,22,23,24)/b21-9-/t11-,12+,13-,14+,17-/m1/s1. The number of nitrogens with one attached hydrogen (secondary N) is 2. The summed E-state index contributed by atoms with van der Waals surface area (Å²) in [6.07, 6.45) is 10.3. The molecule has 2 saturated carbocycles. The van der Waals surface area contributed by atoms with E-state index in [1.807, 2.05) is 6.07 Å². The van der Waals surface area contributed by atoms with Crippen molar-refractivity contribution in [2.24, 2.45) is 28.8 Å². The minimum atomic E-state index is 0.471. The fourth-order valence-electron chi connectivity index (χ4n) is 4.67. The van der Waals surface area contributed by atoms with Crippen molar-refractivity contribution in [3.8, 4) is 0 Å². The van der Waals surface area contributed by atoms with Gasteiger partial charge in [-0.15, -0.1) is 0 Å². The third-order valence-corrected chi connectivity index (χ3v) is 6.60. The number of halogens is 2. The van der Waals surface area contributed by atoms with Crippen LogP contribution in [0.1, 0.15) is 24.8 Å². The molecule has 0 heterocycles. The van der Waals surface area contributed by atoms with E-state index < -0.39 is 0 Å². The highest BCUT2D eigenvalue weighted by molar-refractivity contribution is 7.80. The van der Waals surface area contributed by atoms with E-state index in [0.717, 1.165) is 29.2 Å². The lowest BCUT2D eigenvalue weighted by molar-refractivity contribution is 0.246. The van der Waals surface area contributed by atoms with Crippen molar-refractivity contribution in [1.82, 2.24) is 10.7 Å². The van der Waals surface area contributed by atoms with E-state index in [4.69, 9.17) is 35.4 Å². The number of nitrogens with zero attached hydrogens (tertiary/aromatic N) is 1. The monoisotopic (exact) mass is 379 g/mol. The predicted octanol–water partition coefficient (Wildman–Crippen LogP) is 4.39. The van der Waals surface area contributed by atoms with Crippen LogP contribution in [-0.4, -0.2) is 17.4 Å². The molecule has 4 rings (SSSR count). The van der Waals surface area contributed by atoms with Crippen LogP contribution < -0.4 is 10.7 Å². The maximum atomic E-state index is 5.99. The first-order chi connectivity index (χ1) is 11.6. The summed E-state index contributed by atoms with van der Waals surface area (Å²) in [5.74, 6) is 3.22. The van der Waals surface area contributed by atoms with E-state index in [1.165, 1.54) is 19.3 Å². The number of hydrogen-bond acceptors (Lipinski definition) is 2. The van der Waals surface area contributed by atoms with Crippen molar-refractivity contribution in [3.63, 3.8) is 0 Å². The second kappa shape index (κ2) is 6.66. The minimum Gasteiger partial charge on any atom is -0.358 e. The maximum Gasteiger partial charge on any atom is 0.187 e. The largest absolute Gasteiger partial charge is 0.358 e. The molecule has 0 aromatic heterocycles. The van der Waals surface area contributed by atoms with Gasteiger partial charge in [-0.3, -0.25) is 5.43 Å². The van der Waals surface area contributed by atoms with E-state index in [-0.39, 0.29) is 0 Å². The van der Waals surface area contributed by atoms with E-state index >= 15 is 0 Å². The van der Waals surface area contributed by atoms with E-state index in [2.05, 4.69) is 28.0 Å². The molecule has 126 valence electrons. The molecule has 3 nitrogen and oxygen atoms in total. The fourth-order valence-corrected chi connectivity index (χ4v) is 5.18. The number of thiocarbonyl (C=S) groups is 1. The van der Waals surface area contributed by atoms with Crippen molar-refractivity contribution in [2.75, 3.05) is 0 Å². The summed E-state index contributed by atoms with van der Waals surface area (Å²) < 4.78 is 0. The summed E-state index contributed by atoms with van der Waals surface area (Å²) in [6, 6.07) is 5.86. The molecule has 0 radical (unpaired) electrons. The van der Waals surface area contributed by atoms with Gasteiger partial charge in [0.15, 0.2) is 5.11 Å². The molecule has 0 saturated heterocycles. The Hall–Kier alpha value is -1.10. The molecule has 0 amide bonds. The van der Waals surface area contributed by atoms with Crippen LogP contribution in [0.3, 0.4) is 0 Å². The van der Waals surface area contributed by atoms with Gasteiger partial charge in [0, 0.05) is 6.04 Å². The summed E-state index contributed by atoms with van der Waals surface area (Å²) in [4.78, 5) is 0. The zero-order valence-corrected chi connectivity index (χ0v) is 15.4. The predicted molar refractivity (Wildman–Crippen MR) is 104 cm³/mol. The second-order valence-corrected chi connectivity index (χ2v) is 8.15. The van der Waals surface area contributed by atoms with Gasteiger partial charge in [-0.1, -0.05) is 41.4 Å². The zero-order valence-electron chi connectivity index (χ0n) is 13.1. The third kappa shape index (κ3) is 3.07. The van der Waals surface area contributed by atoms with Crippen molar-refractivity contribution >= 4 is 46.7 Å². The van der Waals surface area contributed by atoms with Gasteiger partial charge < -0.3 is 5.32 Å². The highest BCUT2D eigenvalue weighted by atomic mass is 35.5. The lowest BCUT2D eigenvalue weighted by atomic mass is 9.79. The Kier molecular flexibility index (Phi) is 4.54. The van der Waals surface area contributed by atoms with E-state index in [0.29, 0.717) is 21.2 Å². The molecule has 2 fully saturated rings. The minimum absolute atomic E-state index is 0.471. The number of fused-ring (bicyclic) bond motifs is 5. The Labute approximate surface area is 157 Å². The van der Waals surface area contributed by atoms with Crippen LogP contribution in [-0.2, 0) is 0 Å². The quantitative estimate of drug-likeness (QED) is 0.353. The Morgan fingerprint density at radius 3 is 2.92 bits per heavy atom. The summed E-state index contributed by atoms with van der Waals surface area (Å²) in [5.41, 5.74) is 3.78. The molecule has 2 N–H and O–H groups in total. The number of benzene rings is 1. The van der Waals surface area contributed by atoms with Crippen LogP contribution in [0.4, 0.5) is 0 Å². The SMILES string of the molecule is S=C(N/N=C\c1ccc(Cl)c(Cl)c1)N[C@@H]1C[C@H]2C[C@H]1[C@@H]1C=CC[C@@H]21. The lowest BCUT2D eigenvalue weighted by Gasteiger charge is -2.32. The molecule has 5 atom stereocenters. The molecule has 1 aromatic carbocycles. The number of allylic oxidation sites excluding steroid dienone is 2. The zero-order chi connectivity index (χ0) is 16.7. The van der Waals surface area contributed by atoms with Crippen molar-refractivity contribution < 1.29 is 0 Å². The topological polar surface area (TPSA) is 36.4 Å². The average Bonchev–Trinajstić information content (AvgIpc) is 3.23. The molecule has 3 aliphatic carbocycles. The molecule has 1 aromatic rings. The van der Waals surface area contributed by atoms with Crippen LogP contribution in [0.2, 0.25) is 10.0 Å². The van der Waals surface area contributed by atoms with Crippen LogP contribution in [0.5, 0.6) is 0 Å². The first kappa shape index (κ1) is 16.4. The average molecular weight is 380 g/mol. The van der Waals surface area contributed by atoms with Crippen LogP contribution in [0.25, 0.3) is 0 Å². The Bertz CT molecular complexity index is 718. The summed E-state index contributed by atoms with van der Waals surface area (Å²) in [6.45, 7) is 0. The summed E-state index contributed by atoms with van der Waals surface area (Å²) in [5, 5.41) is 9.28. The number of rotatable bonds is 3. The van der Waals surface area contributed by atoms with Crippen molar-refractivity contribution in [3.05, 3.63) is 46.0 Å². The van der Waals surface area contributed by atoms with Gasteiger partial charge in [0.2, 0.25) is 0 Å². The summed E-state index contributed by atoms with van der Waals surface area (Å²) >= 11 is 17.3. The van der Waals surface area contributed by atoms with Gasteiger partial charge in [0.25, 0.3) is 0 Å². The van der Waals surface area contributed by atoms with Crippen LogP contribution in [0, 0.1) is 23.7 Å². The van der Waals surface area contributed by atoms with Gasteiger partial charge in [-0.25, -0.2) is 0 Å². The molecule has 24 heavy (non-hydrogen) atoms. The first-order valence-electron chi connectivity index (χ1n) is 8.33. The molecular formula is C18H19Cl2N3S. The van der Waals surface area contributed by atoms with E-state index in [9.17, 15) is 0 Å². The Balaban J connectivity index is 1.30. The number of hydrogen-bond donors (Lipinski definition) is 2. The van der Waals surface area contributed by atoms with Crippen LogP contribution in [0.15, 0.2) is 35.5 Å². The van der Waals surface area contributed by atoms with Gasteiger partial charge in [-0.05, 0) is 72.8 Å². The molecule has 0 aliphatic heterocycles. The normalized spacial score (nSPS) is 33.2. The summed E-state index contributed by atoms with van der Waals surface area (Å²) in [7, 11) is 0.